The quantitative estimate of drug-likeness (QED) is 0.0858. The van der Waals surface area contributed by atoms with E-state index in [0.717, 1.165) is 118 Å². The van der Waals surface area contributed by atoms with Gasteiger partial charge in [-0.15, -0.1) is 0 Å². The van der Waals surface area contributed by atoms with Crippen LogP contribution in [0.4, 0.5) is 13.2 Å². The number of para-hydroxylation sites is 2. The fraction of sp³-hybridized carbons (Fsp3) is 0.308. The van der Waals surface area contributed by atoms with Gasteiger partial charge in [0, 0.05) is 121 Å². The van der Waals surface area contributed by atoms with Crippen molar-refractivity contribution in [3.8, 4) is 11.5 Å². The number of aliphatic hydroxyl groups excluding tert-OH is 2. The summed E-state index contributed by atoms with van der Waals surface area (Å²) in [5.41, 5.74) is 5.66. The highest BCUT2D eigenvalue weighted by Gasteiger charge is 2.23. The number of aliphatic hydroxyl groups is 2. The van der Waals surface area contributed by atoms with E-state index in [2.05, 4.69) is 63.7 Å². The van der Waals surface area contributed by atoms with Gasteiger partial charge >= 0.3 is 0 Å². The number of hydrogen-bond donors (Lipinski definition) is 4. The van der Waals surface area contributed by atoms with Gasteiger partial charge in [-0.3, -0.25) is 19.6 Å². The van der Waals surface area contributed by atoms with Crippen LogP contribution in [0.15, 0.2) is 126 Å². The molecule has 2 saturated heterocycles. The summed E-state index contributed by atoms with van der Waals surface area (Å²) < 4.78 is 53.5. The summed E-state index contributed by atoms with van der Waals surface area (Å²) in [5, 5.41) is 25.5. The molecule has 14 heteroatoms. The lowest BCUT2D eigenvalue weighted by Gasteiger charge is -2.35. The lowest BCUT2D eigenvalue weighted by Crippen LogP contribution is -2.48. The number of H-pyrrole nitrogens is 2. The van der Waals surface area contributed by atoms with Crippen molar-refractivity contribution in [1.29, 1.82) is 0 Å². The zero-order valence-electron chi connectivity index (χ0n) is 36.6. The van der Waals surface area contributed by atoms with E-state index in [1.807, 2.05) is 78.9 Å². The minimum atomic E-state index is -0.819. The van der Waals surface area contributed by atoms with Crippen molar-refractivity contribution < 1.29 is 32.9 Å². The highest BCUT2D eigenvalue weighted by Crippen LogP contribution is 2.34. The minimum Gasteiger partial charge on any atom is -0.490 e. The molecule has 2 aromatic heterocycles. The summed E-state index contributed by atoms with van der Waals surface area (Å²) in [6, 6.07) is 37.4. The zero-order valence-corrected chi connectivity index (χ0v) is 38.2. The van der Waals surface area contributed by atoms with Gasteiger partial charge in [0.05, 0.1) is 11.0 Å². The molecule has 10 rings (SSSR count). The van der Waals surface area contributed by atoms with Crippen LogP contribution in [0, 0.1) is 17.5 Å². The highest BCUT2D eigenvalue weighted by molar-refractivity contribution is 9.10. The second-order valence-corrected chi connectivity index (χ2v) is 18.2. The zero-order chi connectivity index (χ0) is 45.6. The van der Waals surface area contributed by atoms with Gasteiger partial charge in [-0.25, -0.2) is 13.2 Å². The number of halogens is 4. The molecule has 0 aliphatic carbocycles. The largest absolute Gasteiger partial charge is 0.490 e. The molecule has 2 unspecified atom stereocenters. The summed E-state index contributed by atoms with van der Waals surface area (Å²) in [5.74, 6) is -0.256. The number of fused-ring (bicyclic) bond motifs is 6. The van der Waals surface area contributed by atoms with Crippen LogP contribution in [0.25, 0.3) is 43.6 Å². The Morgan fingerprint density at radius 2 is 0.985 bits per heavy atom. The molecule has 2 aliphatic rings. The molecule has 10 nitrogen and oxygen atoms in total. The number of aromatic nitrogens is 2. The predicted molar refractivity (Wildman–Crippen MR) is 259 cm³/mol. The van der Waals surface area contributed by atoms with Gasteiger partial charge in [-0.05, 0) is 66.2 Å². The Morgan fingerprint density at radius 1 is 0.500 bits per heavy atom. The van der Waals surface area contributed by atoms with Crippen molar-refractivity contribution in [2.45, 2.75) is 25.3 Å². The van der Waals surface area contributed by atoms with Gasteiger partial charge in [0.15, 0.2) is 11.6 Å². The Balaban J connectivity index is 0.000000166. The van der Waals surface area contributed by atoms with Gasteiger partial charge in [0.2, 0.25) is 0 Å². The van der Waals surface area contributed by atoms with Crippen molar-refractivity contribution in [2.75, 3.05) is 78.7 Å². The van der Waals surface area contributed by atoms with E-state index in [0.29, 0.717) is 31.7 Å². The van der Waals surface area contributed by atoms with Crippen LogP contribution < -0.4 is 9.47 Å². The summed E-state index contributed by atoms with van der Waals surface area (Å²) in [6.07, 6.45) is -1.19. The van der Waals surface area contributed by atoms with Crippen LogP contribution in [0.2, 0.25) is 0 Å². The molecule has 2 fully saturated rings. The van der Waals surface area contributed by atoms with E-state index in [1.54, 1.807) is 6.07 Å². The third-order valence-electron chi connectivity index (χ3n) is 12.5. The first-order chi connectivity index (χ1) is 32.1. The number of aromatic amines is 2. The molecule has 344 valence electrons. The molecule has 0 amide bonds. The number of nitrogens with zero attached hydrogens (tertiary/aromatic N) is 4. The molecule has 0 saturated carbocycles. The van der Waals surface area contributed by atoms with Gasteiger partial charge in [-0.2, -0.15) is 0 Å². The average molecular weight is 964 g/mol. The first kappa shape index (κ1) is 45.7. The normalized spacial score (nSPS) is 16.5. The lowest BCUT2D eigenvalue weighted by molar-refractivity contribution is 0.0448. The van der Waals surface area contributed by atoms with Crippen LogP contribution in [0.1, 0.15) is 11.1 Å². The summed E-state index contributed by atoms with van der Waals surface area (Å²) in [6.45, 7) is 9.33. The van der Waals surface area contributed by atoms with Crippen molar-refractivity contribution >= 4 is 59.5 Å². The van der Waals surface area contributed by atoms with Crippen LogP contribution in [-0.2, 0) is 13.1 Å². The molecule has 6 aromatic carbocycles. The van der Waals surface area contributed by atoms with E-state index in [1.165, 1.54) is 18.2 Å². The highest BCUT2D eigenvalue weighted by atomic mass is 79.9. The molecule has 4 heterocycles. The number of piperazine rings is 2. The van der Waals surface area contributed by atoms with Crippen LogP contribution in [-0.4, -0.2) is 131 Å². The maximum atomic E-state index is 14.1. The number of nitrogens with one attached hydrogen (secondary N) is 2. The fourth-order valence-electron chi connectivity index (χ4n) is 9.10. The lowest BCUT2D eigenvalue weighted by atomic mass is 10.1. The molecule has 66 heavy (non-hydrogen) atoms. The number of hydrogen-bond acceptors (Lipinski definition) is 8. The molecular formula is C52H54BrF3N6O4. The predicted octanol–water partition coefficient (Wildman–Crippen LogP) is 8.94. The smallest absolute Gasteiger partial charge is 0.159 e. The number of rotatable bonds is 14. The second-order valence-electron chi connectivity index (χ2n) is 17.3. The van der Waals surface area contributed by atoms with E-state index < -0.39 is 23.8 Å². The van der Waals surface area contributed by atoms with Crippen molar-refractivity contribution in [1.82, 2.24) is 29.6 Å². The van der Waals surface area contributed by atoms with Crippen LogP contribution >= 0.6 is 15.9 Å². The van der Waals surface area contributed by atoms with E-state index in [9.17, 15) is 23.4 Å². The van der Waals surface area contributed by atoms with E-state index >= 15 is 0 Å². The Hall–Kier alpha value is -5.45. The number of β-amino-alcohol motifs (C(OH)–C–C–N with tert-alkyl or cyclic N) is 2. The van der Waals surface area contributed by atoms with Crippen molar-refractivity contribution in [3.63, 3.8) is 0 Å². The average Bonchev–Trinajstić information content (AvgIpc) is 3.91. The van der Waals surface area contributed by atoms with Crippen LogP contribution in [0.5, 0.6) is 11.5 Å². The summed E-state index contributed by atoms with van der Waals surface area (Å²) in [4.78, 5) is 15.7. The monoisotopic (exact) mass is 962 g/mol. The first-order valence-corrected chi connectivity index (χ1v) is 23.3. The second kappa shape index (κ2) is 21.0. The number of ether oxygens (including phenoxy) is 2. The van der Waals surface area contributed by atoms with E-state index in [-0.39, 0.29) is 19.0 Å². The molecular weight excluding hydrogens is 910 g/mol. The standard InChI is InChI=1S/C26H27BrFN3O2.C26H27F2N3O2/c27-19-9-8-18(22(28)14-19)15-30-10-12-31(13-11-30)16-20(32)17-33-25-7-3-6-24-26(25)21-4-1-2-5-23(21)29-24;27-21-9-8-18(14-22(21)28)15-30-10-12-31(13-11-30)16-19(32)17-33-25-7-3-6-24-26(25)20-4-1-2-5-23(20)29-24/h1-9,14,20,29,32H,10-13,15-17H2;1-9,14,19,29,32H,10-13,15-17H2. The van der Waals surface area contributed by atoms with Gasteiger partial charge in [0.25, 0.3) is 0 Å². The Morgan fingerprint density at radius 3 is 1.50 bits per heavy atom. The maximum absolute atomic E-state index is 14.1. The Kier molecular flexibility index (Phi) is 14.6. The maximum Gasteiger partial charge on any atom is 0.159 e. The summed E-state index contributed by atoms with van der Waals surface area (Å²) in [7, 11) is 0. The molecule has 8 aromatic rings. The van der Waals surface area contributed by atoms with Gasteiger partial charge in [0.1, 0.15) is 42.7 Å². The first-order valence-electron chi connectivity index (χ1n) is 22.5. The van der Waals surface area contributed by atoms with E-state index in [4.69, 9.17) is 9.47 Å². The molecule has 0 bridgehead atoms. The summed E-state index contributed by atoms with van der Waals surface area (Å²) >= 11 is 3.30. The molecule has 4 N–H and O–H groups in total. The van der Waals surface area contributed by atoms with Gasteiger partial charge in [-0.1, -0.05) is 76.6 Å². The molecule has 2 aliphatic heterocycles. The number of benzene rings is 6. The van der Waals surface area contributed by atoms with Gasteiger partial charge < -0.3 is 29.7 Å². The van der Waals surface area contributed by atoms with Crippen LogP contribution in [0.3, 0.4) is 0 Å². The molecule has 0 spiro atoms. The Labute approximate surface area is 390 Å². The van der Waals surface area contributed by atoms with Crippen molar-refractivity contribution in [2.24, 2.45) is 0 Å². The Bertz CT molecular complexity index is 2900. The molecule has 0 radical (unpaired) electrons. The third-order valence-corrected chi connectivity index (χ3v) is 13.0. The third kappa shape index (κ3) is 11.0. The topological polar surface area (TPSA) is 103 Å². The SMILES string of the molecule is OC(COc1cccc2[nH]c3ccccc3c12)CN1CCN(Cc2ccc(Br)cc2F)CC1.OC(COc1cccc2[nH]c3ccccc3c12)CN1CCN(Cc2ccc(F)c(F)c2)CC1. The molecule has 2 atom stereocenters. The minimum absolute atomic E-state index is 0.176. The fourth-order valence-corrected chi connectivity index (χ4v) is 9.43. The van der Waals surface area contributed by atoms with Crippen molar-refractivity contribution in [3.05, 3.63) is 154 Å².